The number of aryl methyl sites for hydroxylation is 1. The summed E-state index contributed by atoms with van der Waals surface area (Å²) < 4.78 is 1.44. The van der Waals surface area contributed by atoms with E-state index < -0.39 is 0 Å². The highest BCUT2D eigenvalue weighted by Crippen LogP contribution is 2.15. The largest absolute Gasteiger partial charge is 0.367 e. The minimum absolute atomic E-state index is 0.0451. The van der Waals surface area contributed by atoms with Gasteiger partial charge in [-0.2, -0.15) is 0 Å². The highest BCUT2D eigenvalue weighted by Gasteiger charge is 2.14. The van der Waals surface area contributed by atoms with Gasteiger partial charge in [-0.15, -0.1) is 5.10 Å². The SMILES string of the molecule is CCN(C(=O)Cn1cnc(N)n1)c1ccc(C)cc1. The second kappa shape index (κ2) is 5.51. The van der Waals surface area contributed by atoms with Crippen LogP contribution in [0.5, 0.6) is 0 Å². The van der Waals surface area contributed by atoms with Crippen LogP contribution in [0.3, 0.4) is 0 Å². The third-order valence-electron chi connectivity index (χ3n) is 2.81. The fraction of sp³-hybridized carbons (Fsp3) is 0.308. The highest BCUT2D eigenvalue weighted by molar-refractivity contribution is 5.93. The Hall–Kier alpha value is -2.37. The van der Waals surface area contributed by atoms with Gasteiger partial charge in [0.15, 0.2) is 0 Å². The normalized spacial score (nSPS) is 10.4. The first-order chi connectivity index (χ1) is 9.10. The maximum absolute atomic E-state index is 12.2. The summed E-state index contributed by atoms with van der Waals surface area (Å²) in [5.74, 6) is 0.127. The Kier molecular flexibility index (Phi) is 3.79. The number of anilines is 2. The van der Waals surface area contributed by atoms with Gasteiger partial charge in [-0.3, -0.25) is 4.79 Å². The molecule has 6 nitrogen and oxygen atoms in total. The van der Waals surface area contributed by atoms with E-state index in [1.165, 1.54) is 11.0 Å². The van der Waals surface area contributed by atoms with Gasteiger partial charge in [-0.1, -0.05) is 17.7 Å². The van der Waals surface area contributed by atoms with E-state index in [0.717, 1.165) is 11.3 Å². The first-order valence-corrected chi connectivity index (χ1v) is 6.12. The molecule has 1 heterocycles. The molecule has 2 rings (SSSR count). The molecule has 2 N–H and O–H groups in total. The average molecular weight is 259 g/mol. The van der Waals surface area contributed by atoms with Crippen LogP contribution in [-0.2, 0) is 11.3 Å². The van der Waals surface area contributed by atoms with Gasteiger partial charge in [-0.25, -0.2) is 9.67 Å². The lowest BCUT2D eigenvalue weighted by molar-refractivity contribution is -0.119. The molecule has 0 saturated heterocycles. The highest BCUT2D eigenvalue weighted by atomic mass is 16.2. The van der Waals surface area contributed by atoms with Crippen molar-refractivity contribution in [3.8, 4) is 0 Å². The van der Waals surface area contributed by atoms with Crippen LogP contribution < -0.4 is 10.6 Å². The van der Waals surface area contributed by atoms with Crippen LogP contribution in [-0.4, -0.2) is 27.2 Å². The number of hydrogen-bond donors (Lipinski definition) is 1. The van der Waals surface area contributed by atoms with Crippen LogP contribution in [0.15, 0.2) is 30.6 Å². The van der Waals surface area contributed by atoms with Gasteiger partial charge < -0.3 is 10.6 Å². The molecule has 6 heteroatoms. The zero-order valence-corrected chi connectivity index (χ0v) is 11.1. The summed E-state index contributed by atoms with van der Waals surface area (Å²) in [6.45, 7) is 4.69. The minimum Gasteiger partial charge on any atom is -0.367 e. The maximum atomic E-state index is 12.2. The first-order valence-electron chi connectivity index (χ1n) is 6.12. The molecule has 1 amide bonds. The molecule has 100 valence electrons. The lowest BCUT2D eigenvalue weighted by Gasteiger charge is -2.21. The summed E-state index contributed by atoms with van der Waals surface area (Å²) in [7, 11) is 0. The molecular weight excluding hydrogens is 242 g/mol. The number of likely N-dealkylation sites (N-methyl/N-ethyl adjacent to an activating group) is 1. The summed E-state index contributed by atoms with van der Waals surface area (Å²) in [5.41, 5.74) is 7.47. The fourth-order valence-corrected chi connectivity index (χ4v) is 1.84. The molecular formula is C13H17N5O. The molecule has 0 spiro atoms. The fourth-order valence-electron chi connectivity index (χ4n) is 1.84. The number of nitrogens with two attached hydrogens (primary N) is 1. The van der Waals surface area contributed by atoms with Crippen molar-refractivity contribution in [2.75, 3.05) is 17.2 Å². The van der Waals surface area contributed by atoms with Crippen molar-refractivity contribution in [3.63, 3.8) is 0 Å². The number of amides is 1. The Labute approximate surface area is 111 Å². The summed E-state index contributed by atoms with van der Waals surface area (Å²) in [5, 5.41) is 3.91. The van der Waals surface area contributed by atoms with Crippen molar-refractivity contribution in [1.29, 1.82) is 0 Å². The summed E-state index contributed by atoms with van der Waals surface area (Å²) in [6.07, 6.45) is 1.45. The van der Waals surface area contributed by atoms with Gasteiger partial charge in [0.2, 0.25) is 11.9 Å². The van der Waals surface area contributed by atoms with Crippen molar-refractivity contribution in [2.24, 2.45) is 0 Å². The number of hydrogen-bond acceptors (Lipinski definition) is 4. The molecule has 0 atom stereocenters. The Morgan fingerprint density at radius 2 is 2.05 bits per heavy atom. The zero-order valence-electron chi connectivity index (χ0n) is 11.1. The molecule has 0 fully saturated rings. The predicted octanol–water partition coefficient (Wildman–Crippen LogP) is 1.22. The Bertz CT molecular complexity index is 561. The monoisotopic (exact) mass is 259 g/mol. The molecule has 0 aliphatic carbocycles. The first kappa shape index (κ1) is 13.1. The third-order valence-corrected chi connectivity index (χ3v) is 2.81. The number of rotatable bonds is 4. The summed E-state index contributed by atoms with van der Waals surface area (Å²) in [4.78, 5) is 17.7. The number of nitrogen functional groups attached to an aromatic ring is 1. The molecule has 0 radical (unpaired) electrons. The molecule has 0 bridgehead atoms. The molecule has 2 aromatic rings. The molecule has 0 aliphatic rings. The lowest BCUT2D eigenvalue weighted by Crippen LogP contribution is -2.33. The van der Waals surface area contributed by atoms with Gasteiger partial charge in [0.25, 0.3) is 0 Å². The van der Waals surface area contributed by atoms with E-state index in [1.54, 1.807) is 4.90 Å². The van der Waals surface area contributed by atoms with E-state index in [1.807, 2.05) is 38.1 Å². The second-order valence-corrected chi connectivity index (χ2v) is 4.27. The third kappa shape index (κ3) is 3.09. The topological polar surface area (TPSA) is 77.0 Å². The van der Waals surface area contributed by atoms with Crippen molar-refractivity contribution >= 4 is 17.5 Å². The van der Waals surface area contributed by atoms with Crippen LogP contribution in [0.4, 0.5) is 11.6 Å². The number of aromatic nitrogens is 3. The predicted molar refractivity (Wildman–Crippen MR) is 73.6 cm³/mol. The van der Waals surface area contributed by atoms with Gasteiger partial charge in [-0.05, 0) is 26.0 Å². The van der Waals surface area contributed by atoms with Crippen molar-refractivity contribution < 1.29 is 4.79 Å². The van der Waals surface area contributed by atoms with Gasteiger partial charge in [0.05, 0.1) is 0 Å². The van der Waals surface area contributed by atoms with Crippen molar-refractivity contribution in [2.45, 2.75) is 20.4 Å². The van der Waals surface area contributed by atoms with Gasteiger partial charge >= 0.3 is 0 Å². The van der Waals surface area contributed by atoms with Crippen LogP contribution in [0.2, 0.25) is 0 Å². The van der Waals surface area contributed by atoms with Crippen LogP contribution in [0.1, 0.15) is 12.5 Å². The summed E-state index contributed by atoms with van der Waals surface area (Å²) >= 11 is 0. The van der Waals surface area contributed by atoms with E-state index in [4.69, 9.17) is 5.73 Å². The Balaban J connectivity index is 2.13. The van der Waals surface area contributed by atoms with Crippen LogP contribution in [0, 0.1) is 6.92 Å². The van der Waals surface area contributed by atoms with Crippen molar-refractivity contribution in [3.05, 3.63) is 36.2 Å². The zero-order chi connectivity index (χ0) is 13.8. The summed E-state index contributed by atoms with van der Waals surface area (Å²) in [6, 6.07) is 7.84. The second-order valence-electron chi connectivity index (χ2n) is 4.27. The minimum atomic E-state index is -0.0451. The molecule has 0 saturated carbocycles. The van der Waals surface area contributed by atoms with E-state index in [0.29, 0.717) is 6.54 Å². The van der Waals surface area contributed by atoms with E-state index in [9.17, 15) is 4.79 Å². The number of nitrogens with zero attached hydrogens (tertiary/aromatic N) is 4. The number of carbonyl (C=O) groups excluding carboxylic acids is 1. The standard InChI is InChI=1S/C13H17N5O/c1-3-18(11-6-4-10(2)5-7-11)12(19)8-17-9-15-13(14)16-17/h4-7,9H,3,8H2,1-2H3,(H2,14,16). The number of benzene rings is 1. The molecule has 0 aliphatic heterocycles. The van der Waals surface area contributed by atoms with Crippen LogP contribution in [0.25, 0.3) is 0 Å². The van der Waals surface area contributed by atoms with Gasteiger partial charge in [0, 0.05) is 12.2 Å². The molecule has 1 aromatic carbocycles. The quantitative estimate of drug-likeness (QED) is 0.895. The molecule has 19 heavy (non-hydrogen) atoms. The molecule has 1 aromatic heterocycles. The van der Waals surface area contributed by atoms with E-state index in [2.05, 4.69) is 10.1 Å². The van der Waals surface area contributed by atoms with E-state index in [-0.39, 0.29) is 18.4 Å². The Morgan fingerprint density at radius 1 is 1.37 bits per heavy atom. The lowest BCUT2D eigenvalue weighted by atomic mass is 10.2. The van der Waals surface area contributed by atoms with Gasteiger partial charge in [0.1, 0.15) is 12.9 Å². The molecule has 0 unspecified atom stereocenters. The van der Waals surface area contributed by atoms with Crippen LogP contribution >= 0.6 is 0 Å². The number of carbonyl (C=O) groups is 1. The van der Waals surface area contributed by atoms with E-state index >= 15 is 0 Å². The maximum Gasteiger partial charge on any atom is 0.248 e. The Morgan fingerprint density at radius 3 is 2.58 bits per heavy atom. The van der Waals surface area contributed by atoms with Crippen molar-refractivity contribution in [1.82, 2.24) is 14.8 Å². The smallest absolute Gasteiger partial charge is 0.248 e. The average Bonchev–Trinajstić information content (AvgIpc) is 2.78.